The highest BCUT2D eigenvalue weighted by molar-refractivity contribution is 9.10. The molecule has 0 aliphatic rings. The molecule has 78 valence electrons. The van der Waals surface area contributed by atoms with Gasteiger partial charge in [-0.1, -0.05) is 28.1 Å². The van der Waals surface area contributed by atoms with Gasteiger partial charge in [0, 0.05) is 10.0 Å². The molecule has 0 spiro atoms. The Morgan fingerprint density at radius 3 is 2.36 bits per heavy atom. The summed E-state index contributed by atoms with van der Waals surface area (Å²) in [4.78, 5) is 0. The van der Waals surface area contributed by atoms with Crippen molar-refractivity contribution in [2.75, 3.05) is 6.61 Å². The Morgan fingerprint density at radius 2 is 1.86 bits per heavy atom. The Balaban J connectivity index is 2.35. The van der Waals surface area contributed by atoms with Crippen LogP contribution in [0.5, 0.6) is 0 Å². The molecule has 0 amide bonds. The molecule has 0 aromatic heterocycles. The van der Waals surface area contributed by atoms with Crippen LogP contribution in [0.4, 0.5) is 0 Å². The topological polar surface area (TPSA) is 35.2 Å². The van der Waals surface area contributed by atoms with Gasteiger partial charge >= 0.3 is 0 Å². The van der Waals surface area contributed by atoms with Gasteiger partial charge in [-0.05, 0) is 31.5 Å². The van der Waals surface area contributed by atoms with E-state index in [2.05, 4.69) is 15.9 Å². The van der Waals surface area contributed by atoms with Gasteiger partial charge < -0.3 is 10.5 Å². The molecule has 1 rings (SSSR count). The predicted molar refractivity (Wildman–Crippen MR) is 62.1 cm³/mol. The minimum atomic E-state index is -0.255. The van der Waals surface area contributed by atoms with Crippen molar-refractivity contribution in [1.29, 1.82) is 0 Å². The first-order valence-electron chi connectivity index (χ1n) is 4.58. The van der Waals surface area contributed by atoms with Gasteiger partial charge in [-0.2, -0.15) is 0 Å². The maximum atomic E-state index is 5.79. The van der Waals surface area contributed by atoms with E-state index < -0.39 is 0 Å². The van der Waals surface area contributed by atoms with Gasteiger partial charge in [0.05, 0.1) is 13.2 Å². The van der Waals surface area contributed by atoms with Crippen molar-refractivity contribution in [3.05, 3.63) is 34.3 Å². The summed E-state index contributed by atoms with van der Waals surface area (Å²) in [5.74, 6) is 0. The fourth-order valence-corrected chi connectivity index (χ4v) is 1.28. The Hall–Kier alpha value is -0.380. The van der Waals surface area contributed by atoms with Gasteiger partial charge in [0.2, 0.25) is 0 Å². The summed E-state index contributed by atoms with van der Waals surface area (Å²) in [5.41, 5.74) is 6.70. The first-order valence-corrected chi connectivity index (χ1v) is 5.38. The smallest absolute Gasteiger partial charge is 0.0717 e. The SMILES string of the molecule is CC(C)(N)COCc1ccc(Br)cc1. The lowest BCUT2D eigenvalue weighted by Gasteiger charge is -2.18. The maximum absolute atomic E-state index is 5.79. The average molecular weight is 258 g/mol. The zero-order valence-corrected chi connectivity index (χ0v) is 10.2. The molecule has 0 atom stereocenters. The molecule has 2 N–H and O–H groups in total. The molecule has 3 heteroatoms. The lowest BCUT2D eigenvalue weighted by molar-refractivity contribution is 0.0851. The second-order valence-electron chi connectivity index (χ2n) is 4.11. The van der Waals surface area contributed by atoms with E-state index in [1.165, 1.54) is 0 Å². The van der Waals surface area contributed by atoms with Crippen LogP contribution in [0.1, 0.15) is 19.4 Å². The molecule has 0 saturated heterocycles. The fourth-order valence-electron chi connectivity index (χ4n) is 1.01. The Kier molecular flexibility index (Phi) is 4.11. The molecule has 0 radical (unpaired) electrons. The van der Waals surface area contributed by atoms with Crippen molar-refractivity contribution in [2.24, 2.45) is 5.73 Å². The van der Waals surface area contributed by atoms with Crippen molar-refractivity contribution in [3.8, 4) is 0 Å². The van der Waals surface area contributed by atoms with Gasteiger partial charge in [0.15, 0.2) is 0 Å². The first kappa shape index (κ1) is 11.7. The summed E-state index contributed by atoms with van der Waals surface area (Å²) in [5, 5.41) is 0. The van der Waals surface area contributed by atoms with Crippen molar-refractivity contribution in [3.63, 3.8) is 0 Å². The normalized spacial score (nSPS) is 11.7. The van der Waals surface area contributed by atoms with Crippen LogP contribution in [0, 0.1) is 0 Å². The molecule has 0 saturated carbocycles. The molecule has 0 aliphatic carbocycles. The molecular formula is C11H16BrNO. The quantitative estimate of drug-likeness (QED) is 0.901. The molecule has 0 heterocycles. The Labute approximate surface area is 93.6 Å². The largest absolute Gasteiger partial charge is 0.375 e. The lowest BCUT2D eigenvalue weighted by atomic mass is 10.1. The number of halogens is 1. The summed E-state index contributed by atoms with van der Waals surface area (Å²) in [6.45, 7) is 5.10. The lowest BCUT2D eigenvalue weighted by Crippen LogP contribution is -2.37. The fraction of sp³-hybridized carbons (Fsp3) is 0.455. The zero-order valence-electron chi connectivity index (χ0n) is 8.59. The van der Waals surface area contributed by atoms with Gasteiger partial charge in [-0.3, -0.25) is 0 Å². The van der Waals surface area contributed by atoms with Gasteiger partial charge in [-0.25, -0.2) is 0 Å². The Bertz CT molecular complexity index is 276. The van der Waals surface area contributed by atoms with Crippen molar-refractivity contribution in [2.45, 2.75) is 26.0 Å². The highest BCUT2D eigenvalue weighted by Crippen LogP contribution is 2.11. The summed E-state index contributed by atoms with van der Waals surface area (Å²) < 4.78 is 6.57. The van der Waals surface area contributed by atoms with Crippen molar-refractivity contribution < 1.29 is 4.74 Å². The zero-order chi connectivity index (χ0) is 10.6. The predicted octanol–water partition coefficient (Wildman–Crippen LogP) is 2.70. The minimum Gasteiger partial charge on any atom is -0.375 e. The van der Waals surface area contributed by atoms with E-state index in [0.29, 0.717) is 13.2 Å². The van der Waals surface area contributed by atoms with E-state index in [0.717, 1.165) is 10.0 Å². The monoisotopic (exact) mass is 257 g/mol. The van der Waals surface area contributed by atoms with Gasteiger partial charge in [-0.15, -0.1) is 0 Å². The summed E-state index contributed by atoms with van der Waals surface area (Å²) in [7, 11) is 0. The molecule has 0 bridgehead atoms. The summed E-state index contributed by atoms with van der Waals surface area (Å²) in [6, 6.07) is 8.08. The third-order valence-corrected chi connectivity index (χ3v) is 2.18. The van der Waals surface area contributed by atoms with E-state index in [4.69, 9.17) is 10.5 Å². The van der Waals surface area contributed by atoms with Crippen LogP contribution in [-0.2, 0) is 11.3 Å². The van der Waals surface area contributed by atoms with E-state index in [9.17, 15) is 0 Å². The van der Waals surface area contributed by atoms with Crippen LogP contribution in [0.2, 0.25) is 0 Å². The molecule has 14 heavy (non-hydrogen) atoms. The van der Waals surface area contributed by atoms with E-state index >= 15 is 0 Å². The minimum absolute atomic E-state index is 0.255. The Morgan fingerprint density at radius 1 is 1.29 bits per heavy atom. The maximum Gasteiger partial charge on any atom is 0.0717 e. The number of nitrogens with two attached hydrogens (primary N) is 1. The van der Waals surface area contributed by atoms with E-state index in [1.54, 1.807) is 0 Å². The third-order valence-electron chi connectivity index (χ3n) is 1.66. The summed E-state index contributed by atoms with van der Waals surface area (Å²) >= 11 is 3.38. The van der Waals surface area contributed by atoms with Crippen LogP contribution in [0.25, 0.3) is 0 Å². The number of benzene rings is 1. The van der Waals surface area contributed by atoms with Crippen LogP contribution < -0.4 is 5.73 Å². The molecule has 0 fully saturated rings. The molecule has 1 aromatic carbocycles. The molecule has 0 aliphatic heterocycles. The van der Waals surface area contributed by atoms with Gasteiger partial charge in [0.25, 0.3) is 0 Å². The molecule has 0 unspecified atom stereocenters. The highest BCUT2D eigenvalue weighted by atomic mass is 79.9. The average Bonchev–Trinajstić information content (AvgIpc) is 2.06. The number of hydrogen-bond acceptors (Lipinski definition) is 2. The molecule has 1 aromatic rings. The van der Waals surface area contributed by atoms with Gasteiger partial charge in [0.1, 0.15) is 0 Å². The molecule has 2 nitrogen and oxygen atoms in total. The second-order valence-corrected chi connectivity index (χ2v) is 5.02. The third kappa shape index (κ3) is 4.74. The summed E-state index contributed by atoms with van der Waals surface area (Å²) in [6.07, 6.45) is 0. The van der Waals surface area contributed by atoms with Crippen LogP contribution in [-0.4, -0.2) is 12.1 Å². The second kappa shape index (κ2) is 4.91. The first-order chi connectivity index (χ1) is 6.47. The highest BCUT2D eigenvalue weighted by Gasteiger charge is 2.09. The number of ether oxygens (including phenoxy) is 1. The molecular weight excluding hydrogens is 242 g/mol. The number of rotatable bonds is 4. The van der Waals surface area contributed by atoms with Crippen molar-refractivity contribution in [1.82, 2.24) is 0 Å². The van der Waals surface area contributed by atoms with Crippen LogP contribution in [0.15, 0.2) is 28.7 Å². The van der Waals surface area contributed by atoms with Crippen LogP contribution in [0.3, 0.4) is 0 Å². The van der Waals surface area contributed by atoms with Crippen molar-refractivity contribution >= 4 is 15.9 Å². The van der Waals surface area contributed by atoms with E-state index in [-0.39, 0.29) is 5.54 Å². The number of hydrogen-bond donors (Lipinski definition) is 1. The van der Waals surface area contributed by atoms with E-state index in [1.807, 2.05) is 38.1 Å². The van der Waals surface area contributed by atoms with Crippen LogP contribution >= 0.6 is 15.9 Å². The standard InChI is InChI=1S/C11H16BrNO/c1-11(2,13)8-14-7-9-3-5-10(12)6-4-9/h3-6H,7-8,13H2,1-2H3.